The Morgan fingerprint density at radius 3 is 2.07 bits per heavy atom. The number of benzene rings is 2. The van der Waals surface area contributed by atoms with E-state index in [0.717, 1.165) is 4.68 Å². The first kappa shape index (κ1) is 18.1. The molecule has 3 aromatic rings. The number of nitrogens with zero attached hydrogens (tertiary/aromatic N) is 3. The van der Waals surface area contributed by atoms with E-state index in [0.29, 0.717) is 16.8 Å². The Balaban J connectivity index is 1.90. The molecular formula is C19H13F5N4. The van der Waals surface area contributed by atoms with Crippen molar-refractivity contribution in [3.05, 3.63) is 83.2 Å². The van der Waals surface area contributed by atoms with Gasteiger partial charge in [-0.15, -0.1) is 5.10 Å². The minimum Gasteiger partial charge on any atom is -0.341 e. The standard InChI is InChI=1S/C19H13F5N4/c1-18(12-4-8-14(21)9-5-12)10-15(11-2-6-13(20)7-3-11)28-17(26-18)25-16(27-28)19(22,23)24/h2-10H,1H3,(H,25,26,27). The highest BCUT2D eigenvalue weighted by Crippen LogP contribution is 2.38. The van der Waals surface area contributed by atoms with E-state index in [1.165, 1.54) is 48.5 Å². The second-order valence-corrected chi connectivity index (χ2v) is 6.54. The monoisotopic (exact) mass is 392 g/mol. The third-order valence-corrected chi connectivity index (χ3v) is 4.47. The summed E-state index contributed by atoms with van der Waals surface area (Å²) in [5.74, 6) is -2.34. The summed E-state index contributed by atoms with van der Waals surface area (Å²) in [7, 11) is 0. The Morgan fingerprint density at radius 1 is 0.929 bits per heavy atom. The molecular weight excluding hydrogens is 379 g/mol. The highest BCUT2D eigenvalue weighted by molar-refractivity contribution is 5.73. The number of hydrogen-bond acceptors (Lipinski definition) is 3. The fraction of sp³-hybridized carbons (Fsp3) is 0.158. The molecule has 28 heavy (non-hydrogen) atoms. The molecule has 9 heteroatoms. The zero-order chi connectivity index (χ0) is 20.1. The number of anilines is 1. The molecule has 4 rings (SSSR count). The molecule has 0 fully saturated rings. The van der Waals surface area contributed by atoms with Crippen LogP contribution < -0.4 is 5.32 Å². The molecule has 1 aliphatic rings. The van der Waals surface area contributed by atoms with Gasteiger partial charge in [-0.2, -0.15) is 22.8 Å². The number of alkyl halides is 3. The highest BCUT2D eigenvalue weighted by atomic mass is 19.4. The maximum atomic E-state index is 13.3. The molecule has 0 bridgehead atoms. The summed E-state index contributed by atoms with van der Waals surface area (Å²) in [6.45, 7) is 1.72. The van der Waals surface area contributed by atoms with Gasteiger partial charge in [-0.1, -0.05) is 12.1 Å². The van der Waals surface area contributed by atoms with Crippen LogP contribution in [-0.2, 0) is 11.7 Å². The first-order chi connectivity index (χ1) is 13.2. The van der Waals surface area contributed by atoms with Crippen molar-refractivity contribution in [1.82, 2.24) is 14.8 Å². The van der Waals surface area contributed by atoms with Crippen molar-refractivity contribution in [1.29, 1.82) is 0 Å². The van der Waals surface area contributed by atoms with Gasteiger partial charge in [0, 0.05) is 5.56 Å². The van der Waals surface area contributed by atoms with Gasteiger partial charge < -0.3 is 5.32 Å². The zero-order valence-electron chi connectivity index (χ0n) is 14.4. The van der Waals surface area contributed by atoms with Crippen molar-refractivity contribution in [3.63, 3.8) is 0 Å². The zero-order valence-corrected chi connectivity index (χ0v) is 14.4. The first-order valence-electron chi connectivity index (χ1n) is 8.23. The maximum absolute atomic E-state index is 13.3. The van der Waals surface area contributed by atoms with E-state index < -0.39 is 29.2 Å². The van der Waals surface area contributed by atoms with E-state index >= 15 is 0 Å². The lowest BCUT2D eigenvalue weighted by atomic mass is 9.89. The molecule has 1 unspecified atom stereocenters. The summed E-state index contributed by atoms with van der Waals surface area (Å²) >= 11 is 0. The maximum Gasteiger partial charge on any atom is 0.453 e. The smallest absolute Gasteiger partial charge is 0.341 e. The number of halogens is 5. The molecule has 1 aliphatic heterocycles. The van der Waals surface area contributed by atoms with E-state index in [9.17, 15) is 22.0 Å². The van der Waals surface area contributed by atoms with E-state index in [2.05, 4.69) is 15.4 Å². The normalized spacial score (nSPS) is 19.0. The van der Waals surface area contributed by atoms with Crippen molar-refractivity contribution in [3.8, 4) is 0 Å². The van der Waals surface area contributed by atoms with Gasteiger partial charge in [0.2, 0.25) is 5.95 Å². The fourth-order valence-corrected chi connectivity index (χ4v) is 3.06. The van der Waals surface area contributed by atoms with Crippen LogP contribution in [0.5, 0.6) is 0 Å². The van der Waals surface area contributed by atoms with Gasteiger partial charge in [0.05, 0.1) is 11.2 Å². The van der Waals surface area contributed by atoms with Crippen LogP contribution in [0.25, 0.3) is 5.70 Å². The minimum atomic E-state index is -4.73. The topological polar surface area (TPSA) is 42.7 Å². The van der Waals surface area contributed by atoms with Crippen molar-refractivity contribution >= 4 is 11.6 Å². The van der Waals surface area contributed by atoms with E-state index in [1.54, 1.807) is 13.0 Å². The van der Waals surface area contributed by atoms with Crippen LogP contribution >= 0.6 is 0 Å². The molecule has 2 heterocycles. The highest BCUT2D eigenvalue weighted by Gasteiger charge is 2.40. The number of fused-ring (bicyclic) bond motifs is 1. The Labute approximate surface area is 156 Å². The summed E-state index contributed by atoms with van der Waals surface area (Å²) in [6.07, 6.45) is -3.08. The van der Waals surface area contributed by atoms with Gasteiger partial charge in [-0.3, -0.25) is 0 Å². The van der Waals surface area contributed by atoms with Crippen LogP contribution in [0.3, 0.4) is 0 Å². The number of aromatic nitrogens is 3. The van der Waals surface area contributed by atoms with Crippen molar-refractivity contribution in [2.75, 3.05) is 5.32 Å². The SMILES string of the molecule is CC1(c2ccc(F)cc2)C=C(c2ccc(F)cc2)n2nc(C(F)(F)F)nc2N1. The predicted molar refractivity (Wildman–Crippen MR) is 92.2 cm³/mol. The lowest BCUT2D eigenvalue weighted by molar-refractivity contribution is -0.144. The average Bonchev–Trinajstić information content (AvgIpc) is 3.06. The summed E-state index contributed by atoms with van der Waals surface area (Å²) in [5, 5.41) is 6.50. The van der Waals surface area contributed by atoms with Crippen LogP contribution in [0.15, 0.2) is 54.6 Å². The van der Waals surface area contributed by atoms with Gasteiger partial charge in [0.15, 0.2) is 0 Å². The molecule has 0 saturated heterocycles. The number of hydrogen-bond donors (Lipinski definition) is 1. The van der Waals surface area contributed by atoms with E-state index in [4.69, 9.17) is 0 Å². The van der Waals surface area contributed by atoms with Gasteiger partial charge in [0.25, 0.3) is 5.82 Å². The lowest BCUT2D eigenvalue weighted by Crippen LogP contribution is -2.35. The Morgan fingerprint density at radius 2 is 1.50 bits per heavy atom. The van der Waals surface area contributed by atoms with Crippen LogP contribution in [0, 0.1) is 11.6 Å². The third-order valence-electron chi connectivity index (χ3n) is 4.47. The predicted octanol–water partition coefficient (Wildman–Crippen LogP) is 4.81. The van der Waals surface area contributed by atoms with Crippen LogP contribution in [0.2, 0.25) is 0 Å². The summed E-state index contributed by atoms with van der Waals surface area (Å²) < 4.78 is 67.1. The summed E-state index contributed by atoms with van der Waals surface area (Å²) in [4.78, 5) is 3.58. The van der Waals surface area contributed by atoms with E-state index in [1.807, 2.05) is 0 Å². The Kier molecular flexibility index (Phi) is 3.99. The van der Waals surface area contributed by atoms with Gasteiger partial charge in [-0.25, -0.2) is 8.78 Å². The molecule has 144 valence electrons. The fourth-order valence-electron chi connectivity index (χ4n) is 3.06. The summed E-state index contributed by atoms with van der Waals surface area (Å²) in [5.41, 5.74) is 0.361. The third kappa shape index (κ3) is 3.12. The van der Waals surface area contributed by atoms with Crippen LogP contribution in [-0.4, -0.2) is 14.8 Å². The number of nitrogens with one attached hydrogen (secondary N) is 1. The molecule has 1 atom stereocenters. The van der Waals surface area contributed by atoms with Crippen molar-refractivity contribution in [2.24, 2.45) is 0 Å². The van der Waals surface area contributed by atoms with Crippen LogP contribution in [0.1, 0.15) is 23.9 Å². The second-order valence-electron chi connectivity index (χ2n) is 6.54. The van der Waals surface area contributed by atoms with Crippen LogP contribution in [0.4, 0.5) is 27.9 Å². The Bertz CT molecular complexity index is 1050. The molecule has 1 aromatic heterocycles. The summed E-state index contributed by atoms with van der Waals surface area (Å²) in [6, 6.07) is 10.9. The number of rotatable bonds is 2. The molecule has 0 amide bonds. The molecule has 0 saturated carbocycles. The second kappa shape index (κ2) is 6.15. The van der Waals surface area contributed by atoms with Gasteiger partial charge >= 0.3 is 6.18 Å². The Hall–Kier alpha value is -3.23. The average molecular weight is 392 g/mol. The molecule has 1 N–H and O–H groups in total. The quantitative estimate of drug-likeness (QED) is 0.637. The van der Waals surface area contributed by atoms with Gasteiger partial charge in [-0.05, 0) is 55.0 Å². The first-order valence-corrected chi connectivity index (χ1v) is 8.23. The largest absolute Gasteiger partial charge is 0.453 e. The van der Waals surface area contributed by atoms with Gasteiger partial charge in [0.1, 0.15) is 11.6 Å². The van der Waals surface area contributed by atoms with E-state index in [-0.39, 0.29) is 5.95 Å². The van der Waals surface area contributed by atoms with Crippen molar-refractivity contribution < 1.29 is 22.0 Å². The molecule has 0 radical (unpaired) electrons. The lowest BCUT2D eigenvalue weighted by Gasteiger charge is -2.33. The molecule has 2 aromatic carbocycles. The minimum absolute atomic E-state index is 0.124. The molecule has 0 aliphatic carbocycles. The van der Waals surface area contributed by atoms with Crippen molar-refractivity contribution in [2.45, 2.75) is 18.6 Å². The molecule has 0 spiro atoms. The molecule has 4 nitrogen and oxygen atoms in total.